The largest absolute Gasteiger partial charge is 0.455 e. The zero-order valence-corrected chi connectivity index (χ0v) is 34.7. The Morgan fingerprint density at radius 3 is 2.00 bits per heavy atom. The Bertz CT molecular complexity index is 3860. The van der Waals surface area contributed by atoms with Crippen molar-refractivity contribution >= 4 is 86.3 Å². The highest BCUT2D eigenvalue weighted by Crippen LogP contribution is 2.53. The van der Waals surface area contributed by atoms with Gasteiger partial charge in [-0.15, -0.1) is 17.8 Å². The molecule has 63 heavy (non-hydrogen) atoms. The summed E-state index contributed by atoms with van der Waals surface area (Å²) in [6, 6.07) is 66.8. The Morgan fingerprint density at radius 1 is 0.571 bits per heavy atom. The van der Waals surface area contributed by atoms with Crippen molar-refractivity contribution in [3.63, 3.8) is 0 Å². The zero-order valence-electron chi connectivity index (χ0n) is 33.9. The van der Waals surface area contributed by atoms with Crippen molar-refractivity contribution in [2.24, 2.45) is 0 Å². The monoisotopic (exact) mass is 821 g/mol. The lowest BCUT2D eigenvalue weighted by Gasteiger charge is -2.19. The molecule has 0 aliphatic heterocycles. The predicted octanol–water partition coefficient (Wildman–Crippen LogP) is 14.8. The molecule has 0 amide bonds. The SMILES string of the molecule is C#Cc1c(C2=C(c3ccc(-n4c5ccccc5c5ccccc54)cc3)[C@@H](Cc3nc(-c4ccc5sc6ccccc6c5c4)c4ccccc4n3)c3ccccc32)oc2ccccc12. The van der Waals surface area contributed by atoms with Gasteiger partial charge in [-0.2, -0.15) is 0 Å². The van der Waals surface area contributed by atoms with Gasteiger partial charge in [0.05, 0.1) is 27.8 Å². The van der Waals surface area contributed by atoms with E-state index in [-0.39, 0.29) is 5.92 Å². The number of nitrogens with zero attached hydrogens (tertiary/aromatic N) is 3. The molecule has 12 aromatic rings. The van der Waals surface area contributed by atoms with Gasteiger partial charge < -0.3 is 8.98 Å². The minimum Gasteiger partial charge on any atom is -0.455 e. The van der Waals surface area contributed by atoms with E-state index in [0.717, 1.165) is 72.5 Å². The van der Waals surface area contributed by atoms with Crippen LogP contribution < -0.4 is 0 Å². The van der Waals surface area contributed by atoms with Crippen molar-refractivity contribution < 1.29 is 4.42 Å². The van der Waals surface area contributed by atoms with E-state index in [0.29, 0.717) is 12.2 Å². The molecule has 0 bridgehead atoms. The first-order chi connectivity index (χ1) is 31.2. The van der Waals surface area contributed by atoms with E-state index in [1.54, 1.807) is 0 Å². The number of aromatic nitrogens is 3. The van der Waals surface area contributed by atoms with Crippen LogP contribution >= 0.6 is 11.3 Å². The van der Waals surface area contributed by atoms with Gasteiger partial charge >= 0.3 is 0 Å². The van der Waals surface area contributed by atoms with E-state index in [1.165, 1.54) is 47.5 Å². The molecule has 13 rings (SSSR count). The first kappa shape index (κ1) is 35.7. The topological polar surface area (TPSA) is 43.9 Å². The molecule has 0 spiro atoms. The molecule has 8 aromatic carbocycles. The van der Waals surface area contributed by atoms with Crippen molar-refractivity contribution in [3.05, 3.63) is 222 Å². The zero-order chi connectivity index (χ0) is 41.6. The summed E-state index contributed by atoms with van der Waals surface area (Å²) < 4.78 is 11.7. The van der Waals surface area contributed by atoms with Crippen LogP contribution in [0.25, 0.3) is 91.9 Å². The summed E-state index contributed by atoms with van der Waals surface area (Å²) in [5, 5.41) is 6.95. The number of terminal acetylenes is 1. The molecule has 0 N–H and O–H groups in total. The molecule has 1 atom stereocenters. The average molecular weight is 822 g/mol. The Balaban J connectivity index is 1.01. The number of furan rings is 1. The second kappa shape index (κ2) is 14.0. The van der Waals surface area contributed by atoms with Crippen molar-refractivity contribution in [2.45, 2.75) is 12.3 Å². The molecule has 4 heterocycles. The average Bonchev–Trinajstić information content (AvgIpc) is 4.09. The lowest BCUT2D eigenvalue weighted by atomic mass is 9.87. The van der Waals surface area contributed by atoms with Crippen molar-refractivity contribution in [1.82, 2.24) is 14.5 Å². The fourth-order valence-electron chi connectivity index (χ4n) is 10.2. The Morgan fingerprint density at radius 2 is 1.21 bits per heavy atom. The highest BCUT2D eigenvalue weighted by molar-refractivity contribution is 7.25. The maximum atomic E-state index is 6.82. The minimum atomic E-state index is -0.105. The number of benzene rings is 8. The van der Waals surface area contributed by atoms with Crippen LogP contribution in [0.5, 0.6) is 0 Å². The van der Waals surface area contributed by atoms with Gasteiger partial charge in [-0.25, -0.2) is 9.97 Å². The summed E-state index contributed by atoms with van der Waals surface area (Å²) in [5.74, 6) is 4.42. The molecule has 0 unspecified atom stereocenters. The van der Waals surface area contributed by atoms with Gasteiger partial charge in [-0.1, -0.05) is 133 Å². The summed E-state index contributed by atoms with van der Waals surface area (Å²) in [5.41, 5.74) is 13.5. The number of fused-ring (bicyclic) bond motifs is 9. The van der Waals surface area contributed by atoms with Crippen molar-refractivity contribution in [3.8, 4) is 29.3 Å². The molecule has 4 aromatic heterocycles. The molecule has 0 fully saturated rings. The summed E-state index contributed by atoms with van der Waals surface area (Å²) in [4.78, 5) is 10.8. The number of hydrogen-bond acceptors (Lipinski definition) is 4. The van der Waals surface area contributed by atoms with Crippen LogP contribution in [-0.2, 0) is 6.42 Å². The van der Waals surface area contributed by atoms with Crippen molar-refractivity contribution in [1.29, 1.82) is 0 Å². The first-order valence-corrected chi connectivity index (χ1v) is 22.1. The summed E-state index contributed by atoms with van der Waals surface area (Å²) in [6.45, 7) is 0. The molecule has 1 aliphatic carbocycles. The normalized spacial score (nSPS) is 13.9. The molecule has 294 valence electrons. The minimum absolute atomic E-state index is 0.105. The third-order valence-corrected chi connectivity index (χ3v) is 14.0. The predicted molar refractivity (Wildman–Crippen MR) is 262 cm³/mol. The molecule has 1 aliphatic rings. The molecule has 0 saturated heterocycles. The van der Waals surface area contributed by atoms with Crippen LogP contribution in [0.2, 0.25) is 0 Å². The summed E-state index contributed by atoms with van der Waals surface area (Å²) in [6.07, 6.45) is 6.95. The van der Waals surface area contributed by atoms with Crippen LogP contribution in [0.15, 0.2) is 192 Å². The van der Waals surface area contributed by atoms with Crippen LogP contribution in [0.1, 0.15) is 39.8 Å². The van der Waals surface area contributed by atoms with E-state index in [1.807, 2.05) is 29.5 Å². The second-order valence-corrected chi connectivity index (χ2v) is 17.4. The van der Waals surface area contributed by atoms with Gasteiger partial charge in [0.15, 0.2) is 5.76 Å². The third-order valence-electron chi connectivity index (χ3n) is 12.9. The van der Waals surface area contributed by atoms with Gasteiger partial charge in [0.1, 0.15) is 11.4 Å². The van der Waals surface area contributed by atoms with Gasteiger partial charge in [0.2, 0.25) is 0 Å². The molecule has 0 saturated carbocycles. The fourth-order valence-corrected chi connectivity index (χ4v) is 11.2. The Hall–Kier alpha value is -8.04. The molecular formula is C58H35N3OS. The smallest absolute Gasteiger partial charge is 0.151 e. The van der Waals surface area contributed by atoms with Gasteiger partial charge in [-0.3, -0.25) is 0 Å². The molecular weight excluding hydrogens is 787 g/mol. The quantitative estimate of drug-likeness (QED) is 0.157. The van der Waals surface area contributed by atoms with Gasteiger partial charge in [0.25, 0.3) is 0 Å². The standard InChI is InChI=1S/C58H35N3OS/c1-2-38-42-18-8-13-25-51(42)62-58(38)56-44-20-4-3-15-39(44)47(55(56)35-27-30-37(31-28-35)61-49-23-11-6-16-40(49)41-17-7-12-24-50(41)61)34-54-59-48-22-10-5-21-45(48)57(60-54)36-29-32-53-46(33-36)43-19-9-14-26-52(43)63-53/h1,3-33,47H,34H2/t47-/m0/s1. The lowest BCUT2D eigenvalue weighted by molar-refractivity contribution is 0.599. The third kappa shape index (κ3) is 5.49. The van der Waals surface area contributed by atoms with E-state index in [4.69, 9.17) is 20.8 Å². The lowest BCUT2D eigenvalue weighted by Crippen LogP contribution is -2.08. The van der Waals surface area contributed by atoms with E-state index in [2.05, 4.69) is 180 Å². The molecule has 4 nitrogen and oxygen atoms in total. The summed E-state index contributed by atoms with van der Waals surface area (Å²) in [7, 11) is 0. The van der Waals surface area contributed by atoms with E-state index < -0.39 is 0 Å². The van der Waals surface area contributed by atoms with Crippen LogP contribution in [-0.4, -0.2) is 14.5 Å². The second-order valence-electron chi connectivity index (χ2n) is 16.3. The first-order valence-electron chi connectivity index (χ1n) is 21.3. The highest BCUT2D eigenvalue weighted by Gasteiger charge is 2.36. The highest BCUT2D eigenvalue weighted by atomic mass is 32.1. The maximum Gasteiger partial charge on any atom is 0.151 e. The molecule has 0 radical (unpaired) electrons. The number of allylic oxidation sites excluding steroid dienone is 1. The number of para-hydroxylation sites is 4. The number of thiophene rings is 1. The van der Waals surface area contributed by atoms with E-state index in [9.17, 15) is 0 Å². The van der Waals surface area contributed by atoms with Gasteiger partial charge in [-0.05, 0) is 82.9 Å². The Kier molecular flexibility index (Phi) is 7.93. The van der Waals surface area contributed by atoms with Crippen LogP contribution in [0.4, 0.5) is 0 Å². The number of hydrogen-bond donors (Lipinski definition) is 0. The van der Waals surface area contributed by atoms with Crippen molar-refractivity contribution in [2.75, 3.05) is 0 Å². The summed E-state index contributed by atoms with van der Waals surface area (Å²) >= 11 is 1.83. The fraction of sp³-hybridized carbons (Fsp3) is 0.0345. The van der Waals surface area contributed by atoms with Gasteiger partial charge in [0, 0.05) is 70.9 Å². The van der Waals surface area contributed by atoms with E-state index >= 15 is 0 Å². The Labute approximate surface area is 367 Å². The maximum absolute atomic E-state index is 6.82. The number of rotatable bonds is 6. The molecule has 5 heteroatoms. The van der Waals surface area contributed by atoms with Crippen LogP contribution in [0.3, 0.4) is 0 Å². The van der Waals surface area contributed by atoms with Crippen LogP contribution in [0, 0.1) is 12.3 Å².